The van der Waals surface area contributed by atoms with E-state index < -0.39 is 16.0 Å². The summed E-state index contributed by atoms with van der Waals surface area (Å²) in [6.07, 6.45) is 0.521. The molecule has 25 heavy (non-hydrogen) atoms. The Labute approximate surface area is 145 Å². The van der Waals surface area contributed by atoms with Crippen LogP contribution in [0.4, 0.5) is 0 Å². The number of primary sulfonamides is 1. The largest absolute Gasteiger partial charge is 0.465 e. The van der Waals surface area contributed by atoms with Crippen molar-refractivity contribution in [2.45, 2.75) is 11.3 Å². The lowest BCUT2D eigenvalue weighted by Gasteiger charge is -2.07. The highest BCUT2D eigenvalue weighted by molar-refractivity contribution is 7.89. The second-order valence-corrected chi connectivity index (χ2v) is 6.83. The van der Waals surface area contributed by atoms with Crippen LogP contribution in [0.1, 0.15) is 26.3 Å². The molecule has 0 saturated carbocycles. The van der Waals surface area contributed by atoms with Crippen LogP contribution in [-0.4, -0.2) is 33.9 Å². The number of carbonyl (C=O) groups is 2. The van der Waals surface area contributed by atoms with Crippen molar-refractivity contribution in [2.24, 2.45) is 5.14 Å². The molecule has 3 N–H and O–H groups in total. The summed E-state index contributed by atoms with van der Waals surface area (Å²) in [5, 5.41) is 7.78. The average Bonchev–Trinajstić information content (AvgIpc) is 2.60. The highest BCUT2D eigenvalue weighted by atomic mass is 32.2. The Hall–Kier alpha value is -2.71. The highest BCUT2D eigenvalue weighted by Crippen LogP contribution is 2.09. The molecule has 2 aromatic carbocycles. The summed E-state index contributed by atoms with van der Waals surface area (Å²) < 4.78 is 27.0. The maximum Gasteiger partial charge on any atom is 0.337 e. The van der Waals surface area contributed by atoms with E-state index in [1.165, 1.54) is 25.3 Å². The van der Waals surface area contributed by atoms with E-state index in [4.69, 9.17) is 5.14 Å². The van der Waals surface area contributed by atoms with Crippen LogP contribution >= 0.6 is 0 Å². The molecule has 0 bridgehead atoms. The lowest BCUT2D eigenvalue weighted by atomic mass is 10.1. The van der Waals surface area contributed by atoms with Crippen LogP contribution < -0.4 is 10.5 Å². The summed E-state index contributed by atoms with van der Waals surface area (Å²) >= 11 is 0. The Balaban J connectivity index is 1.93. The molecular formula is C17H18N2O5S. The van der Waals surface area contributed by atoms with E-state index in [1.54, 1.807) is 30.3 Å². The topological polar surface area (TPSA) is 116 Å². The highest BCUT2D eigenvalue weighted by Gasteiger charge is 2.10. The summed E-state index contributed by atoms with van der Waals surface area (Å²) in [5.41, 5.74) is 1.51. The van der Waals surface area contributed by atoms with Crippen molar-refractivity contribution in [3.05, 3.63) is 65.2 Å². The summed E-state index contributed by atoms with van der Waals surface area (Å²) in [6, 6.07) is 12.4. The normalized spacial score (nSPS) is 11.0. The van der Waals surface area contributed by atoms with E-state index in [0.29, 0.717) is 24.1 Å². The molecule has 132 valence electrons. The molecule has 7 nitrogen and oxygen atoms in total. The van der Waals surface area contributed by atoms with Gasteiger partial charge in [-0.15, -0.1) is 0 Å². The van der Waals surface area contributed by atoms with Crippen LogP contribution in [0.15, 0.2) is 53.4 Å². The first-order valence-electron chi connectivity index (χ1n) is 7.39. The summed E-state index contributed by atoms with van der Waals surface area (Å²) in [4.78, 5) is 23.6. The van der Waals surface area contributed by atoms with Crippen LogP contribution in [-0.2, 0) is 21.2 Å². The van der Waals surface area contributed by atoms with Crippen molar-refractivity contribution in [1.82, 2.24) is 5.32 Å². The predicted octanol–water partition coefficient (Wildman–Crippen LogP) is 1.09. The Kier molecular flexibility index (Phi) is 5.89. The zero-order valence-corrected chi connectivity index (χ0v) is 14.4. The Morgan fingerprint density at radius 3 is 2.32 bits per heavy atom. The van der Waals surface area contributed by atoms with Crippen LogP contribution in [0.2, 0.25) is 0 Å². The van der Waals surface area contributed by atoms with Crippen molar-refractivity contribution >= 4 is 21.9 Å². The van der Waals surface area contributed by atoms with Crippen LogP contribution in [0.5, 0.6) is 0 Å². The minimum atomic E-state index is -3.71. The third-order valence-electron chi connectivity index (χ3n) is 3.50. The van der Waals surface area contributed by atoms with Gasteiger partial charge in [0.25, 0.3) is 5.91 Å². The molecule has 2 rings (SSSR count). The molecule has 8 heteroatoms. The molecule has 0 unspecified atom stereocenters. The van der Waals surface area contributed by atoms with E-state index in [-0.39, 0.29) is 10.8 Å². The fourth-order valence-electron chi connectivity index (χ4n) is 2.17. The number of carbonyl (C=O) groups excluding carboxylic acids is 2. The second kappa shape index (κ2) is 7.91. The number of hydrogen-bond donors (Lipinski definition) is 2. The number of amides is 1. The molecule has 0 fully saturated rings. The number of sulfonamides is 1. The standard InChI is InChI=1S/C17H18N2O5S/c1-24-17(21)14-4-2-3-13(11-14)16(20)19-10-9-12-5-7-15(8-6-12)25(18,22)23/h2-8,11H,9-10H2,1H3,(H,19,20)(H2,18,22,23). The molecule has 0 aliphatic heterocycles. The molecule has 0 aliphatic carbocycles. The van der Waals surface area contributed by atoms with Crippen LogP contribution in [0.3, 0.4) is 0 Å². The van der Waals surface area contributed by atoms with Gasteiger partial charge in [0.1, 0.15) is 0 Å². The van der Waals surface area contributed by atoms with Gasteiger partial charge in [0, 0.05) is 12.1 Å². The molecule has 0 saturated heterocycles. The minimum Gasteiger partial charge on any atom is -0.465 e. The number of nitrogens with two attached hydrogens (primary N) is 1. The predicted molar refractivity (Wildman–Crippen MR) is 91.6 cm³/mol. The number of rotatable bonds is 6. The summed E-state index contributed by atoms with van der Waals surface area (Å²) in [6.45, 7) is 0.357. The van der Waals surface area contributed by atoms with Gasteiger partial charge in [-0.25, -0.2) is 18.4 Å². The van der Waals surface area contributed by atoms with Gasteiger partial charge in [-0.3, -0.25) is 4.79 Å². The lowest BCUT2D eigenvalue weighted by molar-refractivity contribution is 0.0600. The summed E-state index contributed by atoms with van der Waals surface area (Å²) in [7, 11) is -2.44. The molecule has 0 heterocycles. The molecule has 0 radical (unpaired) electrons. The smallest absolute Gasteiger partial charge is 0.337 e. The zero-order chi connectivity index (χ0) is 18.4. The van der Waals surface area contributed by atoms with Gasteiger partial charge < -0.3 is 10.1 Å². The van der Waals surface area contributed by atoms with Gasteiger partial charge in [-0.1, -0.05) is 18.2 Å². The maximum absolute atomic E-state index is 12.1. The number of benzene rings is 2. The van der Waals surface area contributed by atoms with Crippen molar-refractivity contribution in [2.75, 3.05) is 13.7 Å². The minimum absolute atomic E-state index is 0.0416. The van der Waals surface area contributed by atoms with Crippen molar-refractivity contribution < 1.29 is 22.7 Å². The average molecular weight is 362 g/mol. The van der Waals surface area contributed by atoms with Crippen molar-refractivity contribution in [3.63, 3.8) is 0 Å². The van der Waals surface area contributed by atoms with Gasteiger partial charge in [0.05, 0.1) is 17.6 Å². The first-order valence-corrected chi connectivity index (χ1v) is 8.94. The van der Waals surface area contributed by atoms with Crippen LogP contribution in [0.25, 0.3) is 0 Å². The number of esters is 1. The molecule has 0 aliphatic rings. The van der Waals surface area contributed by atoms with Gasteiger partial charge in [0.15, 0.2) is 0 Å². The first-order chi connectivity index (χ1) is 11.8. The van der Waals surface area contributed by atoms with E-state index in [2.05, 4.69) is 10.1 Å². The number of hydrogen-bond acceptors (Lipinski definition) is 5. The Morgan fingerprint density at radius 1 is 1.08 bits per heavy atom. The molecule has 0 atom stereocenters. The van der Waals surface area contributed by atoms with Gasteiger partial charge >= 0.3 is 5.97 Å². The van der Waals surface area contributed by atoms with Gasteiger partial charge in [-0.2, -0.15) is 0 Å². The molecule has 1 amide bonds. The van der Waals surface area contributed by atoms with Crippen molar-refractivity contribution in [3.8, 4) is 0 Å². The number of ether oxygens (including phenoxy) is 1. The molecule has 2 aromatic rings. The SMILES string of the molecule is COC(=O)c1cccc(C(=O)NCCc2ccc(S(N)(=O)=O)cc2)c1. The number of nitrogens with one attached hydrogen (secondary N) is 1. The zero-order valence-electron chi connectivity index (χ0n) is 13.6. The van der Waals surface area contributed by atoms with Gasteiger partial charge in [-0.05, 0) is 42.3 Å². The van der Waals surface area contributed by atoms with E-state index in [1.807, 2.05) is 0 Å². The Bertz CT molecular complexity index is 876. The summed E-state index contributed by atoms with van der Waals surface area (Å²) in [5.74, 6) is -0.823. The van der Waals surface area contributed by atoms with Gasteiger partial charge in [0.2, 0.25) is 10.0 Å². The molecular weight excluding hydrogens is 344 g/mol. The third-order valence-corrected chi connectivity index (χ3v) is 4.43. The van der Waals surface area contributed by atoms with E-state index in [0.717, 1.165) is 5.56 Å². The third kappa shape index (κ3) is 5.13. The number of methoxy groups -OCH3 is 1. The lowest BCUT2D eigenvalue weighted by Crippen LogP contribution is -2.26. The van der Waals surface area contributed by atoms with Crippen molar-refractivity contribution in [1.29, 1.82) is 0 Å². The fourth-order valence-corrected chi connectivity index (χ4v) is 2.69. The molecule has 0 spiro atoms. The maximum atomic E-state index is 12.1. The van der Waals surface area contributed by atoms with Crippen LogP contribution in [0, 0.1) is 0 Å². The Morgan fingerprint density at radius 2 is 1.72 bits per heavy atom. The second-order valence-electron chi connectivity index (χ2n) is 5.27. The quantitative estimate of drug-likeness (QED) is 0.747. The molecule has 0 aromatic heterocycles. The van der Waals surface area contributed by atoms with E-state index >= 15 is 0 Å². The first kappa shape index (κ1) is 18.6. The monoisotopic (exact) mass is 362 g/mol. The van der Waals surface area contributed by atoms with E-state index in [9.17, 15) is 18.0 Å². The fraction of sp³-hybridized carbons (Fsp3) is 0.176.